The molecule has 57 heavy (non-hydrogen) atoms. The predicted octanol–water partition coefficient (Wildman–Crippen LogP) is 3.90. The molecule has 1 aromatic carbocycles. The molecule has 312 valence electrons. The maximum absolute atomic E-state index is 14.7. The van der Waals surface area contributed by atoms with Gasteiger partial charge in [0, 0.05) is 42.4 Å². The molecule has 0 spiro atoms. The van der Waals surface area contributed by atoms with E-state index >= 15 is 0 Å². The molecule has 16 nitrogen and oxygen atoms in total. The van der Waals surface area contributed by atoms with Crippen LogP contribution in [0, 0.1) is 18.3 Å². The van der Waals surface area contributed by atoms with E-state index in [1.807, 2.05) is 19.9 Å². The van der Waals surface area contributed by atoms with Crippen LogP contribution in [0.4, 0.5) is 4.79 Å². The highest BCUT2D eigenvalue weighted by molar-refractivity contribution is 7.87. The Morgan fingerprint density at radius 2 is 1.77 bits per heavy atom. The van der Waals surface area contributed by atoms with Gasteiger partial charge in [-0.2, -0.15) is 12.7 Å². The Labute approximate surface area is 334 Å². The van der Waals surface area contributed by atoms with Gasteiger partial charge in [0.15, 0.2) is 0 Å². The van der Waals surface area contributed by atoms with Crippen molar-refractivity contribution in [3.8, 4) is 17.4 Å². The smallest absolute Gasteiger partial charge is 0.408 e. The van der Waals surface area contributed by atoms with Crippen LogP contribution in [-0.4, -0.2) is 110 Å². The van der Waals surface area contributed by atoms with Crippen LogP contribution in [0.1, 0.15) is 84.6 Å². The number of amides is 4. The van der Waals surface area contributed by atoms with Crippen molar-refractivity contribution < 1.29 is 46.5 Å². The van der Waals surface area contributed by atoms with Gasteiger partial charge in [-0.25, -0.2) is 14.5 Å². The molecule has 0 unspecified atom stereocenters. The zero-order chi connectivity index (χ0) is 41.3. The average molecular weight is 813 g/mol. The minimum Gasteiger partial charge on any atom is -0.496 e. The van der Waals surface area contributed by atoms with E-state index in [1.165, 1.54) is 15.3 Å². The molecule has 2 saturated heterocycles. The van der Waals surface area contributed by atoms with E-state index < -0.39 is 69.1 Å². The van der Waals surface area contributed by atoms with Crippen LogP contribution < -0.4 is 29.6 Å². The lowest BCUT2D eigenvalue weighted by Crippen LogP contribution is -2.60. The zero-order valence-electron chi connectivity index (χ0n) is 33.7. The van der Waals surface area contributed by atoms with Crippen LogP contribution in [-0.2, 0) is 29.3 Å². The Balaban J connectivity index is 1.31. The van der Waals surface area contributed by atoms with Crippen molar-refractivity contribution in [2.24, 2.45) is 11.3 Å². The topological polar surface area (TPSA) is 195 Å². The van der Waals surface area contributed by atoms with E-state index in [-0.39, 0.29) is 38.6 Å². The van der Waals surface area contributed by atoms with E-state index in [4.69, 9.17) is 18.9 Å². The summed E-state index contributed by atoms with van der Waals surface area (Å²) in [6.45, 7) is 13.8. The quantitative estimate of drug-likeness (QED) is 0.234. The fraction of sp³-hybridized carbons (Fsp3) is 0.625. The number of rotatable bonds is 14. The standard InChI is InChI=1S/C40H56N6O10S/c1-8-25-22-40(25,37(49)44-57(51,52)45-18-12-13-19-45)43-35(47)29-20-27(55-31-21-32(54-9-2)41-33-24(3)30(53-7)17-16-28(31)33)23-46(29)36(48)34(39(4,5)6)42-38(50)56-26-14-10-11-15-26/h8,16-17,21,25-27,29,34H,1,9-15,18-20,22-23H2,2-7H3,(H,42,50)(H,43,47)(H,44,49)/t25-,27-,29+,34-,40-/m1/s1. The van der Waals surface area contributed by atoms with Crippen LogP contribution in [0.2, 0.25) is 0 Å². The first-order chi connectivity index (χ1) is 27.0. The molecule has 3 N–H and O–H groups in total. The number of benzene rings is 1. The van der Waals surface area contributed by atoms with Crippen molar-refractivity contribution in [3.05, 3.63) is 36.4 Å². The summed E-state index contributed by atoms with van der Waals surface area (Å²) in [6, 6.07) is 3.00. The number of nitrogens with one attached hydrogen (secondary N) is 3. The number of hydrogen-bond acceptors (Lipinski definition) is 11. The van der Waals surface area contributed by atoms with Crippen LogP contribution in [0.5, 0.6) is 17.4 Å². The summed E-state index contributed by atoms with van der Waals surface area (Å²) in [6.07, 6.45) is 4.69. The number of methoxy groups -OCH3 is 1. The highest BCUT2D eigenvalue weighted by Gasteiger charge is 2.62. The molecule has 2 aliphatic heterocycles. The summed E-state index contributed by atoms with van der Waals surface area (Å²) in [4.78, 5) is 62.2. The van der Waals surface area contributed by atoms with Crippen LogP contribution in [0.15, 0.2) is 30.9 Å². The van der Waals surface area contributed by atoms with Gasteiger partial charge in [0.1, 0.15) is 41.3 Å². The molecule has 0 radical (unpaired) electrons. The number of hydrogen-bond donors (Lipinski definition) is 3. The van der Waals surface area contributed by atoms with Crippen molar-refractivity contribution in [1.29, 1.82) is 0 Å². The van der Waals surface area contributed by atoms with Crippen molar-refractivity contribution in [2.75, 3.05) is 33.4 Å². The number of ether oxygens (including phenoxy) is 4. The minimum absolute atomic E-state index is 0.00636. The predicted molar refractivity (Wildman–Crippen MR) is 211 cm³/mol. The van der Waals surface area contributed by atoms with Crippen molar-refractivity contribution in [1.82, 2.24) is 29.5 Å². The molecule has 2 aromatic rings. The van der Waals surface area contributed by atoms with Crippen LogP contribution in [0.25, 0.3) is 10.9 Å². The van der Waals surface area contributed by atoms with Crippen molar-refractivity contribution in [2.45, 2.75) is 116 Å². The monoisotopic (exact) mass is 812 g/mol. The van der Waals surface area contributed by atoms with Gasteiger partial charge in [-0.15, -0.1) is 6.58 Å². The molecule has 6 rings (SSSR count). The second-order valence-electron chi connectivity index (χ2n) is 16.5. The lowest BCUT2D eigenvalue weighted by molar-refractivity contribution is -0.143. The molecule has 4 aliphatic rings. The van der Waals surface area contributed by atoms with E-state index in [2.05, 4.69) is 26.9 Å². The number of carbonyl (C=O) groups is 4. The van der Waals surface area contributed by atoms with Gasteiger partial charge in [-0.3, -0.25) is 14.4 Å². The summed E-state index contributed by atoms with van der Waals surface area (Å²) < 4.78 is 53.2. The first-order valence-corrected chi connectivity index (χ1v) is 21.3. The zero-order valence-corrected chi connectivity index (χ0v) is 34.5. The summed E-state index contributed by atoms with van der Waals surface area (Å²) in [5, 5.41) is 6.27. The summed E-state index contributed by atoms with van der Waals surface area (Å²) in [5.41, 5.74) is -1.06. The number of fused-ring (bicyclic) bond motifs is 1. The molecule has 2 saturated carbocycles. The van der Waals surface area contributed by atoms with Crippen molar-refractivity contribution >= 4 is 44.9 Å². The third kappa shape index (κ3) is 8.93. The van der Waals surface area contributed by atoms with Gasteiger partial charge >= 0.3 is 16.3 Å². The maximum atomic E-state index is 14.7. The average Bonchev–Trinajstić information content (AvgIpc) is 3.65. The number of nitrogens with zero attached hydrogens (tertiary/aromatic N) is 3. The molecular weight excluding hydrogens is 757 g/mol. The lowest BCUT2D eigenvalue weighted by Gasteiger charge is -2.35. The number of likely N-dealkylation sites (tertiary alicyclic amines) is 1. The largest absolute Gasteiger partial charge is 0.496 e. The SMILES string of the molecule is C=C[C@@H]1C[C@]1(NC(=O)[C@@H]1C[C@@H](Oc2cc(OCC)nc3c(C)c(OC)ccc23)CN1C(=O)[C@@H](NC(=O)OC1CCCC1)C(C)(C)C)C(=O)NS(=O)(=O)N1CCCC1. The molecule has 5 atom stereocenters. The number of aromatic nitrogens is 1. The van der Waals surface area contributed by atoms with E-state index in [9.17, 15) is 27.6 Å². The lowest BCUT2D eigenvalue weighted by atomic mass is 9.85. The Morgan fingerprint density at radius 3 is 2.39 bits per heavy atom. The summed E-state index contributed by atoms with van der Waals surface area (Å²) in [7, 11) is -2.58. The number of aryl methyl sites for hydroxylation is 1. The molecular formula is C40H56N6O10S. The Hall–Kier alpha value is -4.64. The highest BCUT2D eigenvalue weighted by Crippen LogP contribution is 2.45. The van der Waals surface area contributed by atoms with Crippen LogP contribution >= 0.6 is 0 Å². The van der Waals surface area contributed by atoms with Gasteiger partial charge in [0.05, 0.1) is 25.8 Å². The third-order valence-corrected chi connectivity index (χ3v) is 12.9. The molecule has 1 aromatic heterocycles. The second kappa shape index (κ2) is 16.7. The van der Waals surface area contributed by atoms with Gasteiger partial charge in [0.2, 0.25) is 17.7 Å². The van der Waals surface area contributed by atoms with E-state index in [0.717, 1.165) is 31.2 Å². The number of alkyl carbamates (subject to hydrolysis) is 1. The van der Waals surface area contributed by atoms with Gasteiger partial charge in [0.25, 0.3) is 5.91 Å². The van der Waals surface area contributed by atoms with Gasteiger partial charge in [-0.05, 0) is 76.3 Å². The van der Waals surface area contributed by atoms with Crippen molar-refractivity contribution in [3.63, 3.8) is 0 Å². The molecule has 17 heteroatoms. The van der Waals surface area contributed by atoms with E-state index in [1.54, 1.807) is 40.0 Å². The summed E-state index contributed by atoms with van der Waals surface area (Å²) in [5.74, 6) is -1.30. The molecule has 0 bridgehead atoms. The Bertz CT molecular complexity index is 1990. The normalized spacial score (nSPS) is 24.5. The summed E-state index contributed by atoms with van der Waals surface area (Å²) >= 11 is 0. The van der Waals surface area contributed by atoms with Gasteiger partial charge in [-0.1, -0.05) is 26.8 Å². The fourth-order valence-electron chi connectivity index (χ4n) is 8.11. The second-order valence-corrected chi connectivity index (χ2v) is 18.1. The highest BCUT2D eigenvalue weighted by atomic mass is 32.2. The van der Waals surface area contributed by atoms with Crippen LogP contribution in [0.3, 0.4) is 0 Å². The van der Waals surface area contributed by atoms with E-state index in [0.29, 0.717) is 47.7 Å². The Morgan fingerprint density at radius 1 is 1.07 bits per heavy atom. The number of carbonyl (C=O) groups excluding carboxylic acids is 4. The number of pyridine rings is 1. The van der Waals surface area contributed by atoms with Gasteiger partial charge < -0.3 is 34.5 Å². The fourth-order valence-corrected chi connectivity index (χ4v) is 9.40. The molecule has 3 heterocycles. The Kier molecular flexibility index (Phi) is 12.3. The first-order valence-electron chi connectivity index (χ1n) is 19.8. The molecule has 4 amide bonds. The molecule has 2 aliphatic carbocycles. The first kappa shape index (κ1) is 42.0. The maximum Gasteiger partial charge on any atom is 0.408 e. The minimum atomic E-state index is -4.15. The molecule has 4 fully saturated rings. The third-order valence-electron chi connectivity index (χ3n) is 11.4.